The van der Waals surface area contributed by atoms with E-state index < -0.39 is 0 Å². The van der Waals surface area contributed by atoms with Gasteiger partial charge in [-0.05, 0) is 24.3 Å². The van der Waals surface area contributed by atoms with Gasteiger partial charge in [-0.15, -0.1) is 0 Å². The minimum absolute atomic E-state index is 0.571. The van der Waals surface area contributed by atoms with Crippen molar-refractivity contribution in [1.82, 2.24) is 9.97 Å². The molecule has 4 rings (SSSR count). The summed E-state index contributed by atoms with van der Waals surface area (Å²) in [6.45, 7) is 0. The summed E-state index contributed by atoms with van der Waals surface area (Å²) in [6.07, 6.45) is 1.65. The van der Waals surface area contributed by atoms with Crippen LogP contribution in [-0.2, 0) is 0 Å². The van der Waals surface area contributed by atoms with Crippen LogP contribution in [0.4, 0.5) is 0 Å². The van der Waals surface area contributed by atoms with Crippen LogP contribution < -0.4 is 0 Å². The molecule has 0 radical (unpaired) electrons. The van der Waals surface area contributed by atoms with Crippen molar-refractivity contribution >= 4 is 23.6 Å². The van der Waals surface area contributed by atoms with Gasteiger partial charge in [0.2, 0.25) is 0 Å². The number of nitrogens with zero attached hydrogens (tertiary/aromatic N) is 2. The third-order valence-corrected chi connectivity index (χ3v) is 4.28. The molecule has 0 aliphatic heterocycles. The lowest BCUT2D eigenvalue weighted by Gasteiger charge is -2.08. The summed E-state index contributed by atoms with van der Waals surface area (Å²) >= 11 is 0. The van der Waals surface area contributed by atoms with Gasteiger partial charge in [-0.25, -0.2) is 9.97 Å². The predicted molar refractivity (Wildman–Crippen MR) is 101 cm³/mol. The first kappa shape index (κ1) is 15.8. The molecule has 4 heteroatoms. The van der Waals surface area contributed by atoms with Crippen molar-refractivity contribution in [3.63, 3.8) is 0 Å². The molecule has 0 aliphatic carbocycles. The van der Waals surface area contributed by atoms with E-state index in [1.54, 1.807) is 12.1 Å². The average Bonchev–Trinajstić information content (AvgIpc) is 2.72. The first-order valence-corrected chi connectivity index (χ1v) is 8.17. The van der Waals surface area contributed by atoms with Gasteiger partial charge in [-0.3, -0.25) is 9.59 Å². The van der Waals surface area contributed by atoms with Crippen LogP contribution in [0.2, 0.25) is 0 Å². The van der Waals surface area contributed by atoms with Gasteiger partial charge in [0.1, 0.15) is 0 Å². The Morgan fingerprint density at radius 3 is 1.50 bits per heavy atom. The molecule has 0 aliphatic rings. The molecule has 0 saturated heterocycles. The maximum atomic E-state index is 11.3. The molecule has 2 heterocycles. The number of hydrogen-bond donors (Lipinski definition) is 0. The quantitative estimate of drug-likeness (QED) is 0.511. The molecule has 0 saturated carbocycles. The standard InChI is InChI=1S/C22H14N2O2/c25-13-16-5-1-3-7-18(16)20-11-9-15-10-12-21(24-22(15)23-20)19-8-4-2-6-17(19)14-26/h1-14H. The summed E-state index contributed by atoms with van der Waals surface area (Å²) in [5.41, 5.74) is 4.65. The second kappa shape index (κ2) is 6.69. The normalized spacial score (nSPS) is 10.6. The second-order valence-electron chi connectivity index (χ2n) is 5.85. The molecule has 26 heavy (non-hydrogen) atoms. The number of aldehydes is 2. The highest BCUT2D eigenvalue weighted by atomic mass is 16.1. The summed E-state index contributed by atoms with van der Waals surface area (Å²) < 4.78 is 0. The Morgan fingerprint density at radius 2 is 1.04 bits per heavy atom. The molecule has 4 aromatic rings. The van der Waals surface area contributed by atoms with Gasteiger partial charge in [0, 0.05) is 27.6 Å². The van der Waals surface area contributed by atoms with E-state index in [0.717, 1.165) is 29.1 Å². The first-order chi connectivity index (χ1) is 12.8. The topological polar surface area (TPSA) is 59.9 Å². The number of fused-ring (bicyclic) bond motifs is 1. The number of carbonyl (C=O) groups excluding carboxylic acids is 2. The van der Waals surface area contributed by atoms with Gasteiger partial charge in [-0.2, -0.15) is 0 Å². The zero-order chi connectivity index (χ0) is 17.9. The van der Waals surface area contributed by atoms with Crippen LogP contribution in [0.25, 0.3) is 33.5 Å². The van der Waals surface area contributed by atoms with Gasteiger partial charge in [0.05, 0.1) is 11.4 Å². The lowest BCUT2D eigenvalue weighted by atomic mass is 10.0. The van der Waals surface area contributed by atoms with Crippen molar-refractivity contribution in [2.24, 2.45) is 0 Å². The van der Waals surface area contributed by atoms with Gasteiger partial charge in [-0.1, -0.05) is 48.5 Å². The van der Waals surface area contributed by atoms with Crippen molar-refractivity contribution in [3.8, 4) is 22.5 Å². The number of benzene rings is 2. The summed E-state index contributed by atoms with van der Waals surface area (Å²) in [6, 6.07) is 22.3. The number of pyridine rings is 2. The number of aromatic nitrogens is 2. The monoisotopic (exact) mass is 338 g/mol. The fourth-order valence-electron chi connectivity index (χ4n) is 2.96. The maximum absolute atomic E-state index is 11.3. The molecule has 4 nitrogen and oxygen atoms in total. The van der Waals surface area contributed by atoms with Gasteiger partial charge in [0.25, 0.3) is 0 Å². The molecule has 0 unspecified atom stereocenters. The third kappa shape index (κ3) is 2.78. The van der Waals surface area contributed by atoms with E-state index in [-0.39, 0.29) is 0 Å². The second-order valence-corrected chi connectivity index (χ2v) is 5.85. The smallest absolute Gasteiger partial charge is 0.160 e. The molecular weight excluding hydrogens is 324 g/mol. The molecular formula is C22H14N2O2. The third-order valence-electron chi connectivity index (χ3n) is 4.28. The predicted octanol–water partition coefficient (Wildman–Crippen LogP) is 4.59. The molecule has 124 valence electrons. The number of carbonyl (C=O) groups is 2. The van der Waals surface area contributed by atoms with E-state index in [9.17, 15) is 9.59 Å². The largest absolute Gasteiger partial charge is 0.298 e. The minimum atomic E-state index is 0.571. The van der Waals surface area contributed by atoms with Crippen LogP contribution in [0.5, 0.6) is 0 Å². The summed E-state index contributed by atoms with van der Waals surface area (Å²) in [4.78, 5) is 31.9. The highest BCUT2D eigenvalue weighted by Crippen LogP contribution is 2.26. The Labute approximate surface area is 150 Å². The zero-order valence-corrected chi connectivity index (χ0v) is 13.8. The first-order valence-electron chi connectivity index (χ1n) is 8.17. The van der Waals surface area contributed by atoms with Crippen molar-refractivity contribution in [1.29, 1.82) is 0 Å². The SMILES string of the molecule is O=Cc1ccccc1-c1ccc2ccc(-c3ccccc3C=O)nc2n1. The lowest BCUT2D eigenvalue weighted by Crippen LogP contribution is -1.94. The van der Waals surface area contributed by atoms with Crippen molar-refractivity contribution in [3.05, 3.63) is 83.9 Å². The Bertz CT molecular complexity index is 1050. The van der Waals surface area contributed by atoms with Crippen LogP contribution in [0.3, 0.4) is 0 Å². The minimum Gasteiger partial charge on any atom is -0.298 e. The number of rotatable bonds is 4. The average molecular weight is 338 g/mol. The summed E-state index contributed by atoms with van der Waals surface area (Å²) in [7, 11) is 0. The van der Waals surface area contributed by atoms with E-state index in [1.807, 2.05) is 60.7 Å². The van der Waals surface area contributed by atoms with Gasteiger partial charge < -0.3 is 0 Å². The van der Waals surface area contributed by atoms with E-state index in [0.29, 0.717) is 28.2 Å². The Balaban J connectivity index is 1.88. The summed E-state index contributed by atoms with van der Waals surface area (Å²) in [5.74, 6) is 0. The van der Waals surface area contributed by atoms with E-state index in [4.69, 9.17) is 0 Å². The van der Waals surface area contributed by atoms with Crippen molar-refractivity contribution in [2.75, 3.05) is 0 Å². The molecule has 0 fully saturated rings. The van der Waals surface area contributed by atoms with Crippen LogP contribution in [0.15, 0.2) is 72.8 Å². The van der Waals surface area contributed by atoms with E-state index in [1.165, 1.54) is 0 Å². The molecule has 0 bridgehead atoms. The van der Waals surface area contributed by atoms with Crippen molar-refractivity contribution in [2.45, 2.75) is 0 Å². The molecule has 0 N–H and O–H groups in total. The summed E-state index contributed by atoms with van der Waals surface area (Å²) in [5, 5.41) is 0.893. The van der Waals surface area contributed by atoms with Crippen molar-refractivity contribution < 1.29 is 9.59 Å². The fraction of sp³-hybridized carbons (Fsp3) is 0. The van der Waals surface area contributed by atoms with Gasteiger partial charge in [0.15, 0.2) is 18.2 Å². The molecule has 2 aromatic carbocycles. The lowest BCUT2D eigenvalue weighted by molar-refractivity contribution is 0.111. The Hall–Kier alpha value is -3.66. The van der Waals surface area contributed by atoms with Gasteiger partial charge >= 0.3 is 0 Å². The molecule has 0 amide bonds. The van der Waals surface area contributed by atoms with Crippen LogP contribution >= 0.6 is 0 Å². The highest BCUT2D eigenvalue weighted by Gasteiger charge is 2.10. The maximum Gasteiger partial charge on any atom is 0.160 e. The molecule has 2 aromatic heterocycles. The zero-order valence-electron chi connectivity index (χ0n) is 13.8. The fourth-order valence-corrected chi connectivity index (χ4v) is 2.96. The Morgan fingerprint density at radius 1 is 0.577 bits per heavy atom. The Kier molecular flexibility index (Phi) is 4.07. The van der Waals surface area contributed by atoms with Crippen LogP contribution in [-0.4, -0.2) is 22.5 Å². The van der Waals surface area contributed by atoms with E-state index >= 15 is 0 Å². The number of hydrogen-bond acceptors (Lipinski definition) is 4. The molecule has 0 spiro atoms. The van der Waals surface area contributed by atoms with E-state index in [2.05, 4.69) is 9.97 Å². The molecule has 0 atom stereocenters. The van der Waals surface area contributed by atoms with Crippen LogP contribution in [0.1, 0.15) is 20.7 Å². The van der Waals surface area contributed by atoms with Crippen LogP contribution in [0, 0.1) is 0 Å². The highest BCUT2D eigenvalue weighted by molar-refractivity contribution is 5.90.